The number of anilines is 2. The summed E-state index contributed by atoms with van der Waals surface area (Å²) >= 11 is 0. The minimum atomic E-state index is -0.314. The van der Waals surface area contributed by atoms with Gasteiger partial charge in [-0.15, -0.1) is 0 Å². The van der Waals surface area contributed by atoms with E-state index in [9.17, 15) is 0 Å². The highest BCUT2D eigenvalue weighted by molar-refractivity contribution is 6.10. The van der Waals surface area contributed by atoms with E-state index in [2.05, 4.69) is 245 Å². The summed E-state index contributed by atoms with van der Waals surface area (Å²) in [6, 6.07) is 71.5. The van der Waals surface area contributed by atoms with E-state index in [0.717, 1.165) is 73.7 Å². The molecule has 0 amide bonds. The molecule has 0 saturated carbocycles. The van der Waals surface area contributed by atoms with Crippen molar-refractivity contribution in [3.05, 3.63) is 248 Å². The monoisotopic (exact) mass is 811 g/mol. The summed E-state index contributed by atoms with van der Waals surface area (Å²) < 4.78 is 2.40. The van der Waals surface area contributed by atoms with Crippen molar-refractivity contribution in [2.24, 2.45) is 4.99 Å². The lowest BCUT2D eigenvalue weighted by atomic mass is 9.96. The van der Waals surface area contributed by atoms with Crippen LogP contribution in [-0.2, 0) is 0 Å². The van der Waals surface area contributed by atoms with Crippen LogP contribution >= 0.6 is 0 Å². The number of hydrogen-bond donors (Lipinski definition) is 2. The van der Waals surface area contributed by atoms with E-state index in [-0.39, 0.29) is 12.5 Å². The van der Waals surface area contributed by atoms with Gasteiger partial charge in [-0.3, -0.25) is 5.32 Å². The molecule has 0 radical (unpaired) electrons. The lowest BCUT2D eigenvalue weighted by molar-refractivity contribution is 0.329. The Hall–Kier alpha value is -7.99. The normalized spacial score (nSPS) is 17.2. The van der Waals surface area contributed by atoms with Crippen LogP contribution in [0.2, 0.25) is 0 Å². The van der Waals surface area contributed by atoms with Crippen LogP contribution in [-0.4, -0.2) is 16.9 Å². The van der Waals surface area contributed by atoms with E-state index in [0.29, 0.717) is 0 Å². The van der Waals surface area contributed by atoms with E-state index < -0.39 is 0 Å². The molecule has 0 fully saturated rings. The molecule has 5 heteroatoms. The summed E-state index contributed by atoms with van der Waals surface area (Å²) in [7, 11) is 0. The molecule has 3 heterocycles. The molecule has 0 saturated heterocycles. The van der Waals surface area contributed by atoms with Gasteiger partial charge in [-0.25, -0.2) is 4.99 Å². The maximum absolute atomic E-state index is 5.33. The first kappa shape index (κ1) is 38.0. The summed E-state index contributed by atoms with van der Waals surface area (Å²) in [6.45, 7) is 5.28. The highest BCUT2D eigenvalue weighted by atomic mass is 15.4. The van der Waals surface area contributed by atoms with Crippen LogP contribution in [0.5, 0.6) is 0 Å². The maximum atomic E-state index is 5.33. The number of amidine groups is 1. The largest absolute Gasteiger partial charge is 0.337 e. The molecule has 2 aliphatic rings. The van der Waals surface area contributed by atoms with E-state index in [4.69, 9.17) is 4.99 Å². The van der Waals surface area contributed by atoms with Crippen molar-refractivity contribution in [1.82, 2.24) is 15.2 Å². The molecule has 0 aliphatic carbocycles. The predicted octanol–water partition coefficient (Wildman–Crippen LogP) is 13.9. The van der Waals surface area contributed by atoms with Gasteiger partial charge in [0.05, 0.1) is 11.0 Å². The standard InChI is InChI=1S/C58H45N5/c1-40-17-6-5-15-36-62(49-24-11-4-12-25-49)53-34-32-46(38-51(40)53)47-33-35-55-52(39-47)50-26-13-14-27-54(50)63(55)58-60-56(44-20-9-3-10-21-44)59-57(61-58)48-23-16-22-45(37-48)43-30-28-42(29-31-43)41-18-7-2-8-19-41/h2-35,37-39,57-58,61H,1,36H2,(H,59,60)/b15-5-,17-6-. The molecule has 2 atom stereocenters. The minimum Gasteiger partial charge on any atom is -0.337 e. The zero-order valence-corrected chi connectivity index (χ0v) is 34.8. The molecule has 63 heavy (non-hydrogen) atoms. The van der Waals surface area contributed by atoms with Crippen LogP contribution in [0, 0.1) is 0 Å². The Kier molecular flexibility index (Phi) is 9.92. The van der Waals surface area contributed by atoms with Gasteiger partial charge in [0.25, 0.3) is 0 Å². The smallest absolute Gasteiger partial charge is 0.162 e. The summed E-state index contributed by atoms with van der Waals surface area (Å²) in [5.41, 5.74) is 15.8. The average Bonchev–Trinajstić information content (AvgIpc) is 3.72. The number of nitrogens with one attached hydrogen (secondary N) is 2. The molecule has 2 N–H and O–H groups in total. The topological polar surface area (TPSA) is 44.6 Å². The number of allylic oxidation sites excluding steroid dienone is 4. The second-order valence-electron chi connectivity index (χ2n) is 16.1. The fourth-order valence-electron chi connectivity index (χ4n) is 9.09. The average molecular weight is 812 g/mol. The lowest BCUT2D eigenvalue weighted by Gasteiger charge is -2.33. The Balaban J connectivity index is 0.976. The van der Waals surface area contributed by atoms with Crippen LogP contribution in [0.15, 0.2) is 236 Å². The van der Waals surface area contributed by atoms with Crippen LogP contribution in [0.4, 0.5) is 11.4 Å². The summed E-state index contributed by atoms with van der Waals surface area (Å²) in [5, 5.41) is 10.1. The van der Waals surface area contributed by atoms with Gasteiger partial charge in [0.2, 0.25) is 0 Å². The predicted molar refractivity (Wildman–Crippen MR) is 264 cm³/mol. The van der Waals surface area contributed by atoms with Gasteiger partial charge in [0.15, 0.2) is 6.29 Å². The third kappa shape index (κ3) is 7.35. The maximum Gasteiger partial charge on any atom is 0.162 e. The Labute approximate surface area is 368 Å². The second kappa shape index (κ2) is 16.5. The van der Waals surface area contributed by atoms with Gasteiger partial charge in [0, 0.05) is 39.8 Å². The number of fused-ring (bicyclic) bond motifs is 4. The molecule has 0 spiro atoms. The van der Waals surface area contributed by atoms with E-state index >= 15 is 0 Å². The molecule has 302 valence electrons. The molecule has 2 unspecified atom stereocenters. The van der Waals surface area contributed by atoms with E-state index in [1.807, 2.05) is 6.07 Å². The number of hydrogen-bond acceptors (Lipinski definition) is 4. The molecule has 11 rings (SSSR count). The van der Waals surface area contributed by atoms with Crippen molar-refractivity contribution in [2.75, 3.05) is 11.4 Å². The SMILES string of the molecule is C=C1/C=C\C=C/CN(c2ccccc2)c2ccc(-c3ccc4c(c3)c3ccccc3n4C3NC(c4ccccc4)=NC(c4cccc(-c5ccc(-c6ccccc6)cc5)c4)N3)cc21. The fourth-order valence-corrected chi connectivity index (χ4v) is 9.09. The highest BCUT2D eigenvalue weighted by Crippen LogP contribution is 2.40. The van der Waals surface area contributed by atoms with Crippen LogP contribution in [0.1, 0.15) is 29.1 Å². The van der Waals surface area contributed by atoms with E-state index in [1.54, 1.807) is 0 Å². The third-order valence-electron chi connectivity index (χ3n) is 12.3. The highest BCUT2D eigenvalue weighted by Gasteiger charge is 2.28. The van der Waals surface area contributed by atoms with Gasteiger partial charge >= 0.3 is 0 Å². The molecule has 9 aromatic rings. The van der Waals surface area contributed by atoms with Gasteiger partial charge in [-0.1, -0.05) is 183 Å². The van der Waals surface area contributed by atoms with Crippen molar-refractivity contribution in [2.45, 2.75) is 12.5 Å². The van der Waals surface area contributed by atoms with Gasteiger partial charge < -0.3 is 14.8 Å². The van der Waals surface area contributed by atoms with E-state index in [1.165, 1.54) is 27.5 Å². The first-order valence-corrected chi connectivity index (χ1v) is 21.6. The fraction of sp³-hybridized carbons (Fsp3) is 0.0517. The number of aliphatic imine (C=N–C) groups is 1. The number of nitrogens with zero attached hydrogens (tertiary/aromatic N) is 3. The third-order valence-corrected chi connectivity index (χ3v) is 12.3. The van der Waals surface area contributed by atoms with Gasteiger partial charge in [0.1, 0.15) is 12.0 Å². The van der Waals surface area contributed by atoms with Gasteiger partial charge in [-0.05, 0) is 93.0 Å². The van der Waals surface area contributed by atoms with Crippen LogP contribution < -0.4 is 15.5 Å². The summed E-state index contributed by atoms with van der Waals surface area (Å²) in [5.74, 6) is 0.843. The quantitative estimate of drug-likeness (QED) is 0.168. The van der Waals surface area contributed by atoms with Crippen molar-refractivity contribution in [3.8, 4) is 33.4 Å². The Bertz CT molecular complexity index is 3220. The molecule has 5 nitrogen and oxygen atoms in total. The van der Waals surface area contributed by atoms with Gasteiger partial charge in [-0.2, -0.15) is 0 Å². The number of rotatable bonds is 7. The molecular weight excluding hydrogens is 767 g/mol. The molecular formula is C58H45N5. The van der Waals surface area contributed by atoms with Crippen molar-refractivity contribution >= 4 is 44.6 Å². The van der Waals surface area contributed by atoms with Crippen molar-refractivity contribution < 1.29 is 0 Å². The molecule has 2 aliphatic heterocycles. The lowest BCUT2D eigenvalue weighted by Crippen LogP contribution is -2.47. The van der Waals surface area contributed by atoms with Crippen molar-refractivity contribution in [1.29, 1.82) is 0 Å². The zero-order chi connectivity index (χ0) is 42.1. The second-order valence-corrected chi connectivity index (χ2v) is 16.1. The minimum absolute atomic E-state index is 0.308. The summed E-state index contributed by atoms with van der Waals surface area (Å²) in [4.78, 5) is 7.69. The zero-order valence-electron chi connectivity index (χ0n) is 34.8. The van der Waals surface area contributed by atoms with Crippen LogP contribution in [0.25, 0.3) is 60.8 Å². The summed E-state index contributed by atoms with van der Waals surface area (Å²) in [6.07, 6.45) is 7.87. The molecule has 8 aromatic carbocycles. The first-order chi connectivity index (χ1) is 31.1. The Morgan fingerprint density at radius 2 is 1.11 bits per heavy atom. The van der Waals surface area contributed by atoms with Crippen molar-refractivity contribution in [3.63, 3.8) is 0 Å². The molecule has 1 aromatic heterocycles. The Morgan fingerprint density at radius 1 is 0.508 bits per heavy atom. The molecule has 0 bridgehead atoms. The number of para-hydroxylation sites is 2. The van der Waals surface area contributed by atoms with Crippen LogP contribution in [0.3, 0.4) is 0 Å². The Morgan fingerprint density at radius 3 is 1.90 bits per heavy atom. The first-order valence-electron chi connectivity index (χ1n) is 21.6. The number of benzene rings is 8. The number of aromatic nitrogens is 1.